The van der Waals surface area contributed by atoms with Gasteiger partial charge >= 0.3 is 0 Å². The highest BCUT2D eigenvalue weighted by Gasteiger charge is 2.29. The van der Waals surface area contributed by atoms with E-state index in [-0.39, 0.29) is 24.4 Å². The smallest absolute Gasteiger partial charge is 0.273 e. The number of rotatable bonds is 6. The number of nitrogens with one attached hydrogen (secondary N) is 1. The molecule has 1 aromatic carbocycles. The van der Waals surface area contributed by atoms with Crippen molar-refractivity contribution in [2.45, 2.75) is 32.2 Å². The number of carbonyl (C=O) groups excluding carboxylic acids is 1. The molecule has 0 radical (unpaired) electrons. The van der Waals surface area contributed by atoms with Gasteiger partial charge in [0.1, 0.15) is 0 Å². The van der Waals surface area contributed by atoms with Crippen molar-refractivity contribution < 1.29 is 4.79 Å². The Bertz CT molecular complexity index is 714. The molecule has 6 nitrogen and oxygen atoms in total. The summed E-state index contributed by atoms with van der Waals surface area (Å²) in [5.74, 6) is 0.314. The molecule has 1 heterocycles. The first-order valence-electron chi connectivity index (χ1n) is 7.84. The Morgan fingerprint density at radius 2 is 2.25 bits per heavy atom. The molecule has 0 spiro atoms. The monoisotopic (exact) mass is 369 g/mol. The van der Waals surface area contributed by atoms with E-state index >= 15 is 0 Å². The maximum absolute atomic E-state index is 12.4. The van der Waals surface area contributed by atoms with Crippen molar-refractivity contribution in [2.24, 2.45) is 11.7 Å². The van der Waals surface area contributed by atoms with E-state index in [4.69, 9.17) is 17.3 Å². The number of hydrogen-bond acceptors (Lipinski definition) is 4. The van der Waals surface area contributed by atoms with Crippen molar-refractivity contribution >= 4 is 29.9 Å². The molecular formula is C16H21Cl2N5O. The number of nitrogens with zero attached hydrogens (tertiary/aromatic N) is 3. The Kier molecular flexibility index (Phi) is 6.21. The predicted octanol–water partition coefficient (Wildman–Crippen LogP) is 2.37. The van der Waals surface area contributed by atoms with Crippen LogP contribution >= 0.6 is 24.0 Å². The number of amides is 1. The summed E-state index contributed by atoms with van der Waals surface area (Å²) in [7, 11) is 0. The van der Waals surface area contributed by atoms with Crippen molar-refractivity contribution in [3.63, 3.8) is 0 Å². The first-order chi connectivity index (χ1) is 11.1. The summed E-state index contributed by atoms with van der Waals surface area (Å²) in [6, 6.07) is 7.32. The minimum absolute atomic E-state index is 0. The normalized spacial score (nSPS) is 14.8. The van der Waals surface area contributed by atoms with E-state index in [2.05, 4.69) is 15.6 Å². The quantitative estimate of drug-likeness (QED) is 0.818. The standard InChI is InChI=1S/C16H20ClN5O.ClH/c1-2-14-15(16(23)19-9-13(18)10-6-7-10)20-21-22(14)12-5-3-4-11(17)8-12;/h3-5,8,10,13H,2,6-7,9,18H2,1H3,(H,19,23);1H. The molecule has 2 aromatic rings. The Morgan fingerprint density at radius 1 is 1.50 bits per heavy atom. The maximum atomic E-state index is 12.4. The van der Waals surface area contributed by atoms with Crippen LogP contribution in [0.1, 0.15) is 35.9 Å². The first kappa shape index (κ1) is 18.7. The number of benzene rings is 1. The fourth-order valence-electron chi connectivity index (χ4n) is 2.60. The van der Waals surface area contributed by atoms with Crippen LogP contribution in [-0.2, 0) is 6.42 Å². The van der Waals surface area contributed by atoms with E-state index in [0.717, 1.165) is 24.2 Å². The van der Waals surface area contributed by atoms with Crippen LogP contribution in [0.5, 0.6) is 0 Å². The molecule has 1 aromatic heterocycles. The predicted molar refractivity (Wildman–Crippen MR) is 96.0 cm³/mol. The van der Waals surface area contributed by atoms with Gasteiger partial charge in [0, 0.05) is 17.6 Å². The van der Waals surface area contributed by atoms with Crippen LogP contribution in [0.15, 0.2) is 24.3 Å². The molecule has 130 valence electrons. The van der Waals surface area contributed by atoms with Gasteiger partial charge in [0.2, 0.25) is 0 Å². The molecule has 1 aliphatic rings. The summed E-state index contributed by atoms with van der Waals surface area (Å²) in [6.45, 7) is 2.43. The highest BCUT2D eigenvalue weighted by Crippen LogP contribution is 2.31. The van der Waals surface area contributed by atoms with Crippen LogP contribution in [-0.4, -0.2) is 33.5 Å². The summed E-state index contributed by atoms with van der Waals surface area (Å²) >= 11 is 6.03. The summed E-state index contributed by atoms with van der Waals surface area (Å²) in [4.78, 5) is 12.4. The van der Waals surface area contributed by atoms with E-state index in [1.54, 1.807) is 16.8 Å². The molecule has 1 unspecified atom stereocenters. The second-order valence-corrected chi connectivity index (χ2v) is 6.28. The molecular weight excluding hydrogens is 349 g/mol. The van der Waals surface area contributed by atoms with Crippen molar-refractivity contribution in [3.05, 3.63) is 40.7 Å². The molecule has 3 rings (SSSR count). The number of halogens is 2. The van der Waals surface area contributed by atoms with Gasteiger partial charge < -0.3 is 11.1 Å². The van der Waals surface area contributed by atoms with E-state index in [1.165, 1.54) is 0 Å². The molecule has 1 amide bonds. The lowest BCUT2D eigenvalue weighted by Crippen LogP contribution is -2.39. The van der Waals surface area contributed by atoms with Crippen molar-refractivity contribution in [2.75, 3.05) is 6.54 Å². The van der Waals surface area contributed by atoms with E-state index in [9.17, 15) is 4.79 Å². The van der Waals surface area contributed by atoms with Gasteiger partial charge in [-0.1, -0.05) is 29.8 Å². The second kappa shape index (κ2) is 7.96. The zero-order chi connectivity index (χ0) is 16.4. The lowest BCUT2D eigenvalue weighted by atomic mass is 10.2. The van der Waals surface area contributed by atoms with Gasteiger partial charge in [-0.3, -0.25) is 4.79 Å². The average Bonchev–Trinajstić information content (AvgIpc) is 3.31. The lowest BCUT2D eigenvalue weighted by Gasteiger charge is -2.11. The SMILES string of the molecule is CCc1c(C(=O)NCC(N)C2CC2)nnn1-c1cccc(Cl)c1.Cl. The van der Waals surface area contributed by atoms with Gasteiger partial charge in [0.15, 0.2) is 5.69 Å². The fraction of sp³-hybridized carbons (Fsp3) is 0.438. The summed E-state index contributed by atoms with van der Waals surface area (Å²) < 4.78 is 1.65. The second-order valence-electron chi connectivity index (χ2n) is 5.84. The van der Waals surface area contributed by atoms with Crippen LogP contribution in [0, 0.1) is 5.92 Å². The van der Waals surface area contributed by atoms with Crippen LogP contribution in [0.3, 0.4) is 0 Å². The van der Waals surface area contributed by atoms with Crippen molar-refractivity contribution in [1.29, 1.82) is 0 Å². The summed E-state index contributed by atoms with van der Waals surface area (Å²) in [5, 5.41) is 11.6. The molecule has 0 bridgehead atoms. The fourth-order valence-corrected chi connectivity index (χ4v) is 2.78. The highest BCUT2D eigenvalue weighted by molar-refractivity contribution is 6.30. The molecule has 1 saturated carbocycles. The minimum atomic E-state index is -0.230. The zero-order valence-electron chi connectivity index (χ0n) is 13.4. The van der Waals surface area contributed by atoms with E-state index in [0.29, 0.717) is 29.6 Å². The number of carbonyl (C=O) groups is 1. The molecule has 8 heteroatoms. The molecule has 1 atom stereocenters. The summed E-state index contributed by atoms with van der Waals surface area (Å²) in [5.41, 5.74) is 7.90. The van der Waals surface area contributed by atoms with E-state index < -0.39 is 0 Å². The molecule has 1 aliphatic carbocycles. The topological polar surface area (TPSA) is 85.8 Å². The largest absolute Gasteiger partial charge is 0.349 e. The molecule has 0 saturated heterocycles. The van der Waals surface area contributed by atoms with Gasteiger partial charge in [0.05, 0.1) is 11.4 Å². The van der Waals surface area contributed by atoms with Gasteiger partial charge in [-0.2, -0.15) is 0 Å². The molecule has 1 fully saturated rings. The number of aromatic nitrogens is 3. The minimum Gasteiger partial charge on any atom is -0.349 e. The van der Waals surface area contributed by atoms with Crippen molar-refractivity contribution in [1.82, 2.24) is 20.3 Å². The van der Waals surface area contributed by atoms with Crippen molar-refractivity contribution in [3.8, 4) is 5.69 Å². The van der Waals surface area contributed by atoms with E-state index in [1.807, 2.05) is 19.1 Å². The average molecular weight is 370 g/mol. The zero-order valence-corrected chi connectivity index (χ0v) is 15.0. The summed E-state index contributed by atoms with van der Waals surface area (Å²) in [6.07, 6.45) is 2.95. The lowest BCUT2D eigenvalue weighted by molar-refractivity contribution is 0.0944. The Hall–Kier alpha value is -1.63. The van der Waals surface area contributed by atoms with Crippen LogP contribution in [0.2, 0.25) is 5.02 Å². The third-order valence-electron chi connectivity index (χ3n) is 4.09. The van der Waals surface area contributed by atoms with Crippen LogP contribution in [0.4, 0.5) is 0 Å². The Morgan fingerprint density at radius 3 is 2.88 bits per heavy atom. The van der Waals surface area contributed by atoms with Gasteiger partial charge in [0.25, 0.3) is 5.91 Å². The first-order valence-corrected chi connectivity index (χ1v) is 8.22. The third kappa shape index (κ3) is 4.06. The molecule has 3 N–H and O–H groups in total. The maximum Gasteiger partial charge on any atom is 0.273 e. The Balaban J connectivity index is 0.00000208. The molecule has 24 heavy (non-hydrogen) atoms. The van der Waals surface area contributed by atoms with Gasteiger partial charge in [-0.05, 0) is 43.4 Å². The van der Waals surface area contributed by atoms with Gasteiger partial charge in [-0.25, -0.2) is 4.68 Å². The molecule has 0 aliphatic heterocycles. The van der Waals surface area contributed by atoms with Gasteiger partial charge in [-0.15, -0.1) is 17.5 Å². The van der Waals surface area contributed by atoms with Crippen LogP contribution < -0.4 is 11.1 Å². The number of nitrogens with two attached hydrogens (primary N) is 1. The third-order valence-corrected chi connectivity index (χ3v) is 4.33. The Labute approximate surface area is 152 Å². The van der Waals surface area contributed by atoms with Crippen LogP contribution in [0.25, 0.3) is 5.69 Å². The highest BCUT2D eigenvalue weighted by atomic mass is 35.5. The number of hydrogen-bond donors (Lipinski definition) is 2.